The molecule has 0 nitrogen and oxygen atoms in total. The van der Waals surface area contributed by atoms with Crippen molar-refractivity contribution >= 4 is 0 Å². The van der Waals surface area contributed by atoms with Crippen molar-refractivity contribution in [2.24, 2.45) is 17.3 Å². The molecular weight excluding hydrogens is 120 g/mol. The van der Waals surface area contributed by atoms with Crippen molar-refractivity contribution < 1.29 is 0 Å². The predicted octanol–water partition coefficient (Wildman–Crippen LogP) is 3.00. The highest BCUT2D eigenvalue weighted by Crippen LogP contribution is 2.67. The van der Waals surface area contributed by atoms with Crippen molar-refractivity contribution in [1.82, 2.24) is 0 Å². The zero-order valence-electron chi connectivity index (χ0n) is 6.98. The predicted molar refractivity (Wildman–Crippen MR) is 43.8 cm³/mol. The number of allylic oxidation sites excluding steroid dienone is 1. The first kappa shape index (κ1) is 6.45. The number of rotatable bonds is 0. The van der Waals surface area contributed by atoms with Gasteiger partial charge in [-0.25, -0.2) is 0 Å². The van der Waals surface area contributed by atoms with E-state index in [1.807, 2.05) is 0 Å². The average molecular weight is 136 g/mol. The Balaban J connectivity index is 2.15. The van der Waals surface area contributed by atoms with Crippen LogP contribution in [0.5, 0.6) is 0 Å². The van der Waals surface area contributed by atoms with Crippen LogP contribution in [-0.4, -0.2) is 0 Å². The van der Waals surface area contributed by atoms with Gasteiger partial charge < -0.3 is 0 Å². The fourth-order valence-electron chi connectivity index (χ4n) is 2.78. The molecule has 0 aromatic heterocycles. The third-order valence-corrected chi connectivity index (χ3v) is 3.98. The van der Waals surface area contributed by atoms with E-state index in [4.69, 9.17) is 0 Å². The summed E-state index contributed by atoms with van der Waals surface area (Å²) in [4.78, 5) is 0. The van der Waals surface area contributed by atoms with Gasteiger partial charge in [0.1, 0.15) is 0 Å². The average Bonchev–Trinajstić information content (AvgIpc) is 2.37. The molecule has 0 radical (unpaired) electrons. The lowest BCUT2D eigenvalue weighted by Gasteiger charge is -2.04. The first-order chi connectivity index (χ1) is 4.67. The Morgan fingerprint density at radius 1 is 1.40 bits per heavy atom. The highest BCUT2D eigenvalue weighted by atomic mass is 14.6. The monoisotopic (exact) mass is 136 g/mol. The second-order valence-corrected chi connectivity index (χ2v) is 4.24. The summed E-state index contributed by atoms with van der Waals surface area (Å²) in [7, 11) is 0. The van der Waals surface area contributed by atoms with Crippen LogP contribution in [0.4, 0.5) is 0 Å². The van der Waals surface area contributed by atoms with E-state index in [0.29, 0.717) is 0 Å². The lowest BCUT2D eigenvalue weighted by molar-refractivity contribution is 0.469. The van der Waals surface area contributed by atoms with Crippen molar-refractivity contribution in [3.8, 4) is 0 Å². The molecule has 0 saturated heterocycles. The minimum atomic E-state index is 0.733. The fraction of sp³-hybridized carbons (Fsp3) is 0.800. The standard InChI is InChI=1S/C10H16/c1-7-4-5-10(6-7)8(2)9(10)3/h8-9H,1,4-6H2,2-3H3. The minimum absolute atomic E-state index is 0.733. The number of hydrogen-bond donors (Lipinski definition) is 0. The summed E-state index contributed by atoms with van der Waals surface area (Å²) in [6.07, 6.45) is 4.05. The van der Waals surface area contributed by atoms with Crippen molar-refractivity contribution in [3.63, 3.8) is 0 Å². The van der Waals surface area contributed by atoms with Gasteiger partial charge in [0.15, 0.2) is 0 Å². The Morgan fingerprint density at radius 2 is 2.00 bits per heavy atom. The van der Waals surface area contributed by atoms with Gasteiger partial charge in [0.25, 0.3) is 0 Å². The summed E-state index contributed by atoms with van der Waals surface area (Å²) in [5.74, 6) is 1.96. The largest absolute Gasteiger partial charge is 0.0998 e. The van der Waals surface area contributed by atoms with E-state index in [1.165, 1.54) is 24.8 Å². The Kier molecular flexibility index (Phi) is 1.07. The van der Waals surface area contributed by atoms with Crippen LogP contribution < -0.4 is 0 Å². The molecule has 10 heavy (non-hydrogen) atoms. The molecule has 2 rings (SSSR count). The molecule has 56 valence electrons. The molecule has 0 amide bonds. The highest BCUT2D eigenvalue weighted by Gasteiger charge is 2.60. The van der Waals surface area contributed by atoms with E-state index in [-0.39, 0.29) is 0 Å². The van der Waals surface area contributed by atoms with E-state index in [1.54, 1.807) is 0 Å². The van der Waals surface area contributed by atoms with Crippen LogP contribution in [-0.2, 0) is 0 Å². The molecule has 0 aliphatic heterocycles. The summed E-state index contributed by atoms with van der Waals surface area (Å²) in [5, 5.41) is 0. The molecule has 2 atom stereocenters. The third kappa shape index (κ3) is 0.574. The molecule has 2 saturated carbocycles. The van der Waals surface area contributed by atoms with Crippen LogP contribution in [0.1, 0.15) is 33.1 Å². The molecule has 1 spiro atoms. The van der Waals surface area contributed by atoms with Crippen LogP contribution >= 0.6 is 0 Å². The van der Waals surface area contributed by atoms with E-state index >= 15 is 0 Å². The van der Waals surface area contributed by atoms with Crippen LogP contribution in [0.25, 0.3) is 0 Å². The molecular formula is C10H16. The summed E-state index contributed by atoms with van der Waals surface area (Å²) in [5.41, 5.74) is 2.23. The zero-order valence-corrected chi connectivity index (χ0v) is 6.98. The fourth-order valence-corrected chi connectivity index (χ4v) is 2.78. The summed E-state index contributed by atoms with van der Waals surface area (Å²) < 4.78 is 0. The summed E-state index contributed by atoms with van der Waals surface area (Å²) >= 11 is 0. The molecule has 2 fully saturated rings. The quantitative estimate of drug-likeness (QED) is 0.449. The molecule has 2 aliphatic rings. The van der Waals surface area contributed by atoms with Crippen molar-refractivity contribution in [2.75, 3.05) is 0 Å². The van der Waals surface area contributed by atoms with Crippen LogP contribution in [0.2, 0.25) is 0 Å². The smallest absolute Gasteiger partial charge is 0.0201 e. The Morgan fingerprint density at radius 3 is 2.20 bits per heavy atom. The van der Waals surface area contributed by atoms with Gasteiger partial charge in [-0.15, -0.1) is 0 Å². The van der Waals surface area contributed by atoms with Crippen LogP contribution in [0, 0.1) is 17.3 Å². The van der Waals surface area contributed by atoms with Gasteiger partial charge in [-0.05, 0) is 36.5 Å². The second-order valence-electron chi connectivity index (χ2n) is 4.24. The first-order valence-corrected chi connectivity index (χ1v) is 4.33. The number of hydrogen-bond acceptors (Lipinski definition) is 0. The van der Waals surface area contributed by atoms with Crippen molar-refractivity contribution in [3.05, 3.63) is 12.2 Å². The lowest BCUT2D eigenvalue weighted by atomic mass is 10.0. The van der Waals surface area contributed by atoms with E-state index in [0.717, 1.165) is 17.3 Å². The maximum atomic E-state index is 4.06. The molecule has 0 bridgehead atoms. The molecule has 2 unspecified atom stereocenters. The molecule has 0 heteroatoms. The molecule has 0 aromatic rings. The van der Waals surface area contributed by atoms with Gasteiger partial charge in [0.05, 0.1) is 0 Å². The van der Waals surface area contributed by atoms with E-state index in [9.17, 15) is 0 Å². The summed E-state index contributed by atoms with van der Waals surface area (Å²) in [6, 6.07) is 0. The van der Waals surface area contributed by atoms with Crippen molar-refractivity contribution in [1.29, 1.82) is 0 Å². The molecule has 0 N–H and O–H groups in total. The lowest BCUT2D eigenvalue weighted by Crippen LogP contribution is -1.95. The van der Waals surface area contributed by atoms with Gasteiger partial charge in [-0.2, -0.15) is 0 Å². The normalized spacial score (nSPS) is 52.4. The van der Waals surface area contributed by atoms with E-state index in [2.05, 4.69) is 20.4 Å². The minimum Gasteiger partial charge on any atom is -0.0998 e. The SMILES string of the molecule is C=C1CCC2(C1)C(C)C2C. The van der Waals surface area contributed by atoms with Crippen LogP contribution in [0.3, 0.4) is 0 Å². The van der Waals surface area contributed by atoms with Gasteiger partial charge in [0.2, 0.25) is 0 Å². The Hall–Kier alpha value is -0.260. The highest BCUT2D eigenvalue weighted by molar-refractivity contribution is 5.19. The maximum Gasteiger partial charge on any atom is -0.0201 e. The van der Waals surface area contributed by atoms with Crippen molar-refractivity contribution in [2.45, 2.75) is 33.1 Å². The van der Waals surface area contributed by atoms with Gasteiger partial charge in [-0.3, -0.25) is 0 Å². The third-order valence-electron chi connectivity index (χ3n) is 3.98. The van der Waals surface area contributed by atoms with E-state index < -0.39 is 0 Å². The first-order valence-electron chi connectivity index (χ1n) is 4.33. The Bertz CT molecular complexity index is 170. The second kappa shape index (κ2) is 1.66. The molecule has 2 aliphatic carbocycles. The zero-order chi connectivity index (χ0) is 7.35. The maximum absolute atomic E-state index is 4.06. The molecule has 0 aromatic carbocycles. The van der Waals surface area contributed by atoms with Gasteiger partial charge >= 0.3 is 0 Å². The van der Waals surface area contributed by atoms with Crippen LogP contribution in [0.15, 0.2) is 12.2 Å². The summed E-state index contributed by atoms with van der Waals surface area (Å²) in [6.45, 7) is 8.84. The molecule has 0 heterocycles. The van der Waals surface area contributed by atoms with Gasteiger partial charge in [0, 0.05) is 0 Å². The Labute approximate surface area is 63.3 Å². The van der Waals surface area contributed by atoms with Gasteiger partial charge in [-0.1, -0.05) is 26.0 Å². The topological polar surface area (TPSA) is 0 Å².